The summed E-state index contributed by atoms with van der Waals surface area (Å²) in [4.78, 5) is 21.0. The first-order chi connectivity index (χ1) is 12.2. The minimum Gasteiger partial charge on any atom is -0.473 e. The third-order valence-corrected chi connectivity index (χ3v) is 6.05. The summed E-state index contributed by atoms with van der Waals surface area (Å²) in [6, 6.07) is 8.89. The van der Waals surface area contributed by atoms with Crippen LogP contribution in [0.2, 0.25) is 5.02 Å². The fourth-order valence-corrected chi connectivity index (χ4v) is 4.71. The molecule has 1 aliphatic heterocycles. The Bertz CT molecular complexity index is 908. The standard InChI is InChI=1S/C17H14ClN3O2S2/c18-11-2-3-13-14(7-11)25-17(20-13)21-16(22)10-1-4-15(19-8-10)23-12-5-6-24-9-12/h1-4,7-8,12H,5-6,9H2,(H,20,21,22). The molecule has 1 aromatic carbocycles. The van der Waals surface area contributed by atoms with Crippen molar-refractivity contribution in [1.29, 1.82) is 0 Å². The summed E-state index contributed by atoms with van der Waals surface area (Å²) in [5, 5.41) is 3.98. The van der Waals surface area contributed by atoms with E-state index >= 15 is 0 Å². The smallest absolute Gasteiger partial charge is 0.259 e. The van der Waals surface area contributed by atoms with Crippen molar-refractivity contribution < 1.29 is 9.53 Å². The molecule has 1 unspecified atom stereocenters. The van der Waals surface area contributed by atoms with E-state index in [1.54, 1.807) is 18.2 Å². The lowest BCUT2D eigenvalue weighted by Gasteiger charge is -2.11. The topological polar surface area (TPSA) is 64.1 Å². The maximum absolute atomic E-state index is 12.4. The van der Waals surface area contributed by atoms with E-state index in [4.69, 9.17) is 16.3 Å². The molecule has 1 amide bonds. The van der Waals surface area contributed by atoms with E-state index in [0.717, 1.165) is 28.1 Å². The Morgan fingerprint density at radius 2 is 2.24 bits per heavy atom. The first kappa shape index (κ1) is 16.6. The summed E-state index contributed by atoms with van der Waals surface area (Å²) in [6.45, 7) is 0. The van der Waals surface area contributed by atoms with E-state index < -0.39 is 0 Å². The first-order valence-electron chi connectivity index (χ1n) is 7.75. The van der Waals surface area contributed by atoms with Crippen LogP contribution in [0.4, 0.5) is 5.13 Å². The molecule has 128 valence electrons. The number of carbonyl (C=O) groups excluding carboxylic acids is 1. The van der Waals surface area contributed by atoms with Gasteiger partial charge in [-0.15, -0.1) is 0 Å². The number of hydrogen-bond acceptors (Lipinski definition) is 6. The molecule has 1 saturated heterocycles. The van der Waals surface area contributed by atoms with Gasteiger partial charge in [-0.3, -0.25) is 10.1 Å². The highest BCUT2D eigenvalue weighted by molar-refractivity contribution is 7.99. The number of rotatable bonds is 4. The number of thioether (sulfide) groups is 1. The molecule has 0 bridgehead atoms. The predicted molar refractivity (Wildman–Crippen MR) is 103 cm³/mol. The molecule has 0 radical (unpaired) electrons. The molecule has 1 atom stereocenters. The molecule has 25 heavy (non-hydrogen) atoms. The number of nitrogens with zero attached hydrogens (tertiary/aromatic N) is 2. The lowest BCUT2D eigenvalue weighted by Crippen LogP contribution is -2.16. The van der Waals surface area contributed by atoms with Gasteiger partial charge in [0.05, 0.1) is 15.8 Å². The van der Waals surface area contributed by atoms with Gasteiger partial charge in [-0.1, -0.05) is 22.9 Å². The van der Waals surface area contributed by atoms with Gasteiger partial charge in [-0.05, 0) is 36.4 Å². The van der Waals surface area contributed by atoms with E-state index in [-0.39, 0.29) is 12.0 Å². The Hall–Kier alpha value is -1.83. The van der Waals surface area contributed by atoms with Gasteiger partial charge >= 0.3 is 0 Å². The molecular weight excluding hydrogens is 378 g/mol. The van der Waals surface area contributed by atoms with E-state index in [1.165, 1.54) is 17.5 Å². The number of benzene rings is 1. The molecule has 8 heteroatoms. The number of anilines is 1. The van der Waals surface area contributed by atoms with Crippen LogP contribution < -0.4 is 10.1 Å². The number of aromatic nitrogens is 2. The number of amides is 1. The lowest BCUT2D eigenvalue weighted by molar-refractivity contribution is 0.102. The van der Waals surface area contributed by atoms with E-state index in [1.807, 2.05) is 23.9 Å². The largest absolute Gasteiger partial charge is 0.473 e. The van der Waals surface area contributed by atoms with Crippen molar-refractivity contribution in [3.8, 4) is 5.88 Å². The van der Waals surface area contributed by atoms with Crippen molar-refractivity contribution >= 4 is 56.0 Å². The van der Waals surface area contributed by atoms with Crippen LogP contribution in [0, 0.1) is 0 Å². The van der Waals surface area contributed by atoms with Crippen LogP contribution in [0.3, 0.4) is 0 Å². The molecule has 2 aromatic heterocycles. The zero-order valence-corrected chi connectivity index (χ0v) is 15.5. The lowest BCUT2D eigenvalue weighted by atomic mass is 10.2. The van der Waals surface area contributed by atoms with E-state index in [9.17, 15) is 4.79 Å². The molecule has 1 N–H and O–H groups in total. The van der Waals surface area contributed by atoms with Gasteiger partial charge in [-0.2, -0.15) is 11.8 Å². The molecule has 5 nitrogen and oxygen atoms in total. The number of pyridine rings is 1. The average Bonchev–Trinajstić information content (AvgIpc) is 3.24. The number of thiazole rings is 1. The fraction of sp³-hybridized carbons (Fsp3) is 0.235. The second-order valence-electron chi connectivity index (χ2n) is 5.57. The Labute approximate surface area is 157 Å². The highest BCUT2D eigenvalue weighted by Crippen LogP contribution is 2.28. The summed E-state index contributed by atoms with van der Waals surface area (Å²) >= 11 is 9.24. The highest BCUT2D eigenvalue weighted by Gasteiger charge is 2.18. The number of carbonyl (C=O) groups is 1. The minimum absolute atomic E-state index is 0.215. The monoisotopic (exact) mass is 391 g/mol. The van der Waals surface area contributed by atoms with Gasteiger partial charge in [0, 0.05) is 23.0 Å². The van der Waals surface area contributed by atoms with Crippen LogP contribution >= 0.6 is 34.7 Å². The predicted octanol–water partition coefficient (Wildman–Crippen LogP) is 4.48. The molecule has 3 heterocycles. The van der Waals surface area contributed by atoms with Crippen LogP contribution in [-0.2, 0) is 0 Å². The van der Waals surface area contributed by atoms with Crippen molar-refractivity contribution in [2.24, 2.45) is 0 Å². The summed E-state index contributed by atoms with van der Waals surface area (Å²) < 4.78 is 6.72. The van der Waals surface area contributed by atoms with E-state index in [2.05, 4.69) is 15.3 Å². The zero-order valence-electron chi connectivity index (χ0n) is 13.1. The van der Waals surface area contributed by atoms with Crippen molar-refractivity contribution in [1.82, 2.24) is 9.97 Å². The number of ether oxygens (including phenoxy) is 1. The molecule has 0 aliphatic carbocycles. The van der Waals surface area contributed by atoms with Gasteiger partial charge < -0.3 is 4.74 Å². The molecule has 1 aliphatic rings. The Balaban J connectivity index is 1.44. The molecule has 1 fully saturated rings. The van der Waals surface area contributed by atoms with Gasteiger partial charge in [0.25, 0.3) is 5.91 Å². The maximum atomic E-state index is 12.4. The van der Waals surface area contributed by atoms with Crippen LogP contribution in [0.15, 0.2) is 36.5 Å². The Kier molecular flexibility index (Phi) is 4.78. The third-order valence-electron chi connectivity index (χ3n) is 3.74. The van der Waals surface area contributed by atoms with Gasteiger partial charge in [0.2, 0.25) is 5.88 Å². The van der Waals surface area contributed by atoms with Crippen molar-refractivity contribution in [3.05, 3.63) is 47.1 Å². The number of fused-ring (bicyclic) bond motifs is 1. The second-order valence-corrected chi connectivity index (χ2v) is 8.19. The van der Waals surface area contributed by atoms with Gasteiger partial charge in [0.1, 0.15) is 6.10 Å². The molecule has 3 aromatic rings. The number of hydrogen-bond donors (Lipinski definition) is 1. The Morgan fingerprint density at radius 3 is 3.00 bits per heavy atom. The Morgan fingerprint density at radius 1 is 1.32 bits per heavy atom. The average molecular weight is 392 g/mol. The number of halogens is 1. The molecule has 0 spiro atoms. The van der Waals surface area contributed by atoms with Gasteiger partial charge in [0.15, 0.2) is 5.13 Å². The van der Waals surface area contributed by atoms with E-state index in [0.29, 0.717) is 21.6 Å². The van der Waals surface area contributed by atoms with Crippen LogP contribution in [0.1, 0.15) is 16.8 Å². The molecule has 4 rings (SSSR count). The molecular formula is C17H14ClN3O2S2. The van der Waals surface area contributed by atoms with Crippen molar-refractivity contribution in [2.45, 2.75) is 12.5 Å². The minimum atomic E-state index is -0.249. The SMILES string of the molecule is O=C(Nc1nc2ccc(Cl)cc2s1)c1ccc(OC2CCSC2)nc1. The highest BCUT2D eigenvalue weighted by atomic mass is 35.5. The van der Waals surface area contributed by atoms with Gasteiger partial charge in [-0.25, -0.2) is 9.97 Å². The quantitative estimate of drug-likeness (QED) is 0.710. The first-order valence-corrected chi connectivity index (χ1v) is 10.1. The van der Waals surface area contributed by atoms with Crippen molar-refractivity contribution in [2.75, 3.05) is 16.8 Å². The summed E-state index contributed by atoms with van der Waals surface area (Å²) in [5.74, 6) is 2.42. The number of nitrogens with one attached hydrogen (secondary N) is 1. The van der Waals surface area contributed by atoms with Crippen LogP contribution in [0.25, 0.3) is 10.2 Å². The molecule has 0 saturated carbocycles. The summed E-state index contributed by atoms with van der Waals surface area (Å²) in [6.07, 6.45) is 2.78. The van der Waals surface area contributed by atoms with Crippen LogP contribution in [-0.4, -0.2) is 33.5 Å². The summed E-state index contributed by atoms with van der Waals surface area (Å²) in [5.41, 5.74) is 1.27. The normalized spacial score (nSPS) is 16.9. The third kappa shape index (κ3) is 3.89. The van der Waals surface area contributed by atoms with Crippen LogP contribution in [0.5, 0.6) is 5.88 Å². The summed E-state index contributed by atoms with van der Waals surface area (Å²) in [7, 11) is 0. The second kappa shape index (κ2) is 7.19. The fourth-order valence-electron chi connectivity index (χ4n) is 2.48. The maximum Gasteiger partial charge on any atom is 0.259 e. The van der Waals surface area contributed by atoms with Crippen molar-refractivity contribution in [3.63, 3.8) is 0 Å². The zero-order chi connectivity index (χ0) is 17.2.